The Morgan fingerprint density at radius 1 is 1.57 bits per heavy atom. The van der Waals surface area contributed by atoms with E-state index in [1.807, 2.05) is 24.5 Å². The van der Waals surface area contributed by atoms with Crippen LogP contribution in [0.4, 0.5) is 0 Å². The smallest absolute Gasteiger partial charge is 0.264 e. The second kappa shape index (κ2) is 3.86. The summed E-state index contributed by atoms with van der Waals surface area (Å²) >= 11 is 6.61. The molecule has 5 heteroatoms. The zero-order chi connectivity index (χ0) is 9.97. The minimum Gasteiger partial charge on any atom is -0.275 e. The molecule has 0 saturated heterocycles. The molecule has 0 aromatic carbocycles. The van der Waals surface area contributed by atoms with Crippen molar-refractivity contribution < 1.29 is 9.78 Å². The van der Waals surface area contributed by atoms with Crippen LogP contribution in [0.3, 0.4) is 0 Å². The molecular weight excluding hydrogens is 220 g/mol. The van der Waals surface area contributed by atoms with Crippen LogP contribution < -0.4 is 4.98 Å². The highest BCUT2D eigenvalue weighted by molar-refractivity contribution is 7.18. The molecule has 0 saturated carbocycles. The first-order chi connectivity index (χ1) is 6.77. The van der Waals surface area contributed by atoms with Crippen LogP contribution in [0.5, 0.6) is 0 Å². The molecule has 2 aromatic heterocycles. The molecule has 0 atom stereocenters. The largest absolute Gasteiger partial charge is 0.275 e. The highest BCUT2D eigenvalue weighted by atomic mass is 35.5. The van der Waals surface area contributed by atoms with Gasteiger partial charge >= 0.3 is 0 Å². The third kappa shape index (κ3) is 1.81. The van der Waals surface area contributed by atoms with Gasteiger partial charge < -0.3 is 0 Å². The molecule has 14 heavy (non-hydrogen) atoms. The van der Waals surface area contributed by atoms with Crippen LogP contribution in [0.15, 0.2) is 30.7 Å². The summed E-state index contributed by atoms with van der Waals surface area (Å²) in [4.78, 5) is 18.3. The monoisotopic (exact) mass is 225 g/mol. The Labute approximate surface area is 89.4 Å². The Hall–Kier alpha value is -1.26. The molecule has 2 aromatic rings. The molecule has 3 nitrogen and oxygen atoms in total. The van der Waals surface area contributed by atoms with Crippen LogP contribution in [0, 0.1) is 0 Å². The van der Waals surface area contributed by atoms with Crippen molar-refractivity contribution in [3.63, 3.8) is 0 Å². The van der Waals surface area contributed by atoms with Crippen LogP contribution in [0.1, 0.15) is 9.67 Å². The van der Waals surface area contributed by atoms with E-state index in [0.29, 0.717) is 4.88 Å². The van der Waals surface area contributed by atoms with E-state index in [-0.39, 0.29) is 0 Å². The lowest BCUT2D eigenvalue weighted by molar-refractivity contribution is -0.377. The van der Waals surface area contributed by atoms with Crippen LogP contribution >= 0.6 is 22.9 Å². The first kappa shape index (κ1) is 9.30. The lowest BCUT2D eigenvalue weighted by Gasteiger charge is -1.87. The minimum atomic E-state index is -0.464. The maximum atomic E-state index is 10.8. The second-order valence-electron chi connectivity index (χ2n) is 2.60. The average Bonchev–Trinajstić information content (AvgIpc) is 2.68. The van der Waals surface area contributed by atoms with E-state index in [4.69, 9.17) is 11.6 Å². The fourth-order valence-corrected chi connectivity index (χ4v) is 1.93. The van der Waals surface area contributed by atoms with Crippen molar-refractivity contribution in [2.45, 2.75) is 0 Å². The van der Waals surface area contributed by atoms with Gasteiger partial charge in [0, 0.05) is 6.07 Å². The summed E-state index contributed by atoms with van der Waals surface area (Å²) in [6, 6.07) is 3.79. The lowest BCUT2D eigenvalue weighted by atomic mass is 10.3. The summed E-state index contributed by atoms with van der Waals surface area (Å²) in [5, 5.41) is 0.319. The first-order valence-electron chi connectivity index (χ1n) is 3.89. The number of nitrogens with one attached hydrogen (secondary N) is 1. The normalized spacial score (nSPS) is 10.1. The Balaban J connectivity index is 2.39. The molecule has 0 aliphatic heterocycles. The molecule has 0 aliphatic rings. The number of halogens is 1. The molecule has 0 aliphatic carbocycles. The molecule has 0 radical (unpaired) electrons. The highest BCUT2D eigenvalue weighted by Crippen LogP contribution is 2.24. The van der Waals surface area contributed by atoms with Crippen molar-refractivity contribution in [1.29, 1.82) is 0 Å². The first-order valence-corrected chi connectivity index (χ1v) is 5.09. The van der Waals surface area contributed by atoms with Gasteiger partial charge in [-0.1, -0.05) is 0 Å². The van der Waals surface area contributed by atoms with Gasteiger partial charge in [-0.2, -0.15) is 0 Å². The molecule has 2 rings (SSSR count). The molecule has 0 unspecified atom stereocenters. The standard InChI is InChI=1S/C9H5ClN2OS/c10-8(13)7-5-12-9(14-7)6-2-1-3-11-4-6/h1-5H/p+1. The Bertz CT molecular complexity index is 455. The highest BCUT2D eigenvalue weighted by Gasteiger charge is 2.09. The van der Waals surface area contributed by atoms with Gasteiger partial charge in [-0.05, 0) is 17.7 Å². The number of aromatic amines is 1. The number of carbonyl (C=O) groups excluding carboxylic acids is 1. The van der Waals surface area contributed by atoms with Crippen LogP contribution in [0.2, 0.25) is 0 Å². The lowest BCUT2D eigenvalue weighted by Crippen LogP contribution is -1.97. The van der Waals surface area contributed by atoms with E-state index in [9.17, 15) is 4.79 Å². The van der Waals surface area contributed by atoms with Gasteiger partial charge in [0.25, 0.3) is 5.24 Å². The van der Waals surface area contributed by atoms with Gasteiger partial charge in [0.15, 0.2) is 12.4 Å². The maximum absolute atomic E-state index is 10.8. The number of aromatic nitrogens is 2. The predicted molar refractivity (Wildman–Crippen MR) is 54.3 cm³/mol. The summed E-state index contributed by atoms with van der Waals surface area (Å²) in [6.45, 7) is 0. The zero-order valence-corrected chi connectivity index (χ0v) is 8.60. The molecule has 0 fully saturated rings. The number of pyridine rings is 1. The van der Waals surface area contributed by atoms with Gasteiger partial charge in [0.2, 0.25) is 0 Å². The summed E-state index contributed by atoms with van der Waals surface area (Å²) in [6.07, 6.45) is 5.12. The van der Waals surface area contributed by atoms with E-state index >= 15 is 0 Å². The molecule has 0 bridgehead atoms. The molecular formula is C9H6ClN2OS+. The number of carbonyl (C=O) groups is 1. The average molecular weight is 226 g/mol. The second-order valence-corrected chi connectivity index (χ2v) is 3.97. The predicted octanol–water partition coefficient (Wildman–Crippen LogP) is 2.00. The van der Waals surface area contributed by atoms with Gasteiger partial charge in [0.1, 0.15) is 9.88 Å². The molecule has 0 spiro atoms. The van der Waals surface area contributed by atoms with Gasteiger partial charge in [0.05, 0.1) is 11.8 Å². The van der Waals surface area contributed by atoms with Crippen molar-refractivity contribution in [3.8, 4) is 10.6 Å². The van der Waals surface area contributed by atoms with Crippen LogP contribution in [0.25, 0.3) is 10.6 Å². The molecule has 70 valence electrons. The van der Waals surface area contributed by atoms with E-state index in [1.165, 1.54) is 17.5 Å². The SMILES string of the molecule is O=C(Cl)c1cnc(-c2ccc[nH+]c2)s1. The maximum Gasteiger partial charge on any atom is 0.264 e. The number of nitrogens with zero attached hydrogens (tertiary/aromatic N) is 1. The fourth-order valence-electron chi connectivity index (χ4n) is 1.02. The van der Waals surface area contributed by atoms with Gasteiger partial charge in [-0.3, -0.25) is 4.79 Å². The molecule has 0 amide bonds. The van der Waals surface area contributed by atoms with Crippen LogP contribution in [-0.4, -0.2) is 10.2 Å². The van der Waals surface area contributed by atoms with Crippen molar-refractivity contribution >= 4 is 28.2 Å². The molecule has 1 N–H and O–H groups in total. The van der Waals surface area contributed by atoms with E-state index in [2.05, 4.69) is 9.97 Å². The number of thiazole rings is 1. The van der Waals surface area contributed by atoms with Crippen molar-refractivity contribution in [1.82, 2.24) is 4.98 Å². The fraction of sp³-hybridized carbons (Fsp3) is 0. The van der Waals surface area contributed by atoms with Crippen molar-refractivity contribution in [2.75, 3.05) is 0 Å². The third-order valence-corrected chi connectivity index (χ3v) is 3.01. The van der Waals surface area contributed by atoms with E-state index in [1.54, 1.807) is 0 Å². The molecule has 2 heterocycles. The topological polar surface area (TPSA) is 44.1 Å². The van der Waals surface area contributed by atoms with Crippen molar-refractivity contribution in [2.24, 2.45) is 0 Å². The van der Waals surface area contributed by atoms with Crippen molar-refractivity contribution in [3.05, 3.63) is 35.6 Å². The quantitative estimate of drug-likeness (QED) is 0.734. The third-order valence-electron chi connectivity index (χ3n) is 1.65. The van der Waals surface area contributed by atoms with E-state index in [0.717, 1.165) is 10.6 Å². The van der Waals surface area contributed by atoms with Crippen LogP contribution in [-0.2, 0) is 0 Å². The summed E-state index contributed by atoms with van der Waals surface area (Å²) in [5.41, 5.74) is 0.946. The number of H-pyrrole nitrogens is 1. The summed E-state index contributed by atoms with van der Waals surface area (Å²) in [7, 11) is 0. The Morgan fingerprint density at radius 2 is 2.43 bits per heavy atom. The van der Waals surface area contributed by atoms with Gasteiger partial charge in [-0.15, -0.1) is 11.3 Å². The minimum absolute atomic E-state index is 0.463. The van der Waals surface area contributed by atoms with Gasteiger partial charge in [-0.25, -0.2) is 9.97 Å². The van der Waals surface area contributed by atoms with E-state index < -0.39 is 5.24 Å². The Kier molecular flexibility index (Phi) is 2.56. The zero-order valence-electron chi connectivity index (χ0n) is 7.03. The number of hydrogen-bond donors (Lipinski definition) is 0. The number of rotatable bonds is 2. The Morgan fingerprint density at radius 3 is 3.00 bits per heavy atom. The summed E-state index contributed by atoms with van der Waals surface area (Å²) in [5.74, 6) is 0. The number of hydrogen-bond acceptors (Lipinski definition) is 3. The summed E-state index contributed by atoms with van der Waals surface area (Å²) < 4.78 is 0.